The Morgan fingerprint density at radius 2 is 1.83 bits per heavy atom. The van der Waals surface area contributed by atoms with Crippen LogP contribution in [0.2, 0.25) is 0 Å². The molecule has 0 amide bonds. The molecular formula is C11H22O. The van der Waals surface area contributed by atoms with Gasteiger partial charge < -0.3 is 5.11 Å². The van der Waals surface area contributed by atoms with Gasteiger partial charge in [-0.25, -0.2) is 0 Å². The van der Waals surface area contributed by atoms with Crippen LogP contribution in [-0.4, -0.2) is 11.7 Å². The van der Waals surface area contributed by atoms with E-state index in [1.54, 1.807) is 0 Å². The molecule has 1 rings (SSSR count). The fourth-order valence-electron chi connectivity index (χ4n) is 2.34. The number of rotatable bonds is 4. The fraction of sp³-hybridized carbons (Fsp3) is 1.00. The summed E-state index contributed by atoms with van der Waals surface area (Å²) in [6, 6.07) is 0. The molecule has 1 N–H and O–H groups in total. The van der Waals surface area contributed by atoms with E-state index in [9.17, 15) is 5.11 Å². The minimum Gasteiger partial charge on any atom is -0.396 e. The molecule has 12 heavy (non-hydrogen) atoms. The van der Waals surface area contributed by atoms with E-state index in [0.29, 0.717) is 12.0 Å². The Morgan fingerprint density at radius 1 is 1.17 bits per heavy atom. The minimum atomic E-state index is 0.328. The van der Waals surface area contributed by atoms with Gasteiger partial charge in [-0.3, -0.25) is 0 Å². The summed E-state index contributed by atoms with van der Waals surface area (Å²) >= 11 is 0. The SMILES string of the molecule is CCCCC1(CO)CCCCC1. The lowest BCUT2D eigenvalue weighted by Crippen LogP contribution is -2.28. The quantitative estimate of drug-likeness (QED) is 0.687. The lowest BCUT2D eigenvalue weighted by molar-refractivity contribution is 0.0712. The molecule has 1 aliphatic carbocycles. The Bertz CT molecular complexity index is 114. The van der Waals surface area contributed by atoms with Crippen molar-refractivity contribution in [1.82, 2.24) is 0 Å². The highest BCUT2D eigenvalue weighted by Gasteiger charge is 2.30. The van der Waals surface area contributed by atoms with Crippen LogP contribution in [0.15, 0.2) is 0 Å². The van der Waals surface area contributed by atoms with Crippen LogP contribution in [0.25, 0.3) is 0 Å². The molecule has 1 aliphatic rings. The average molecular weight is 170 g/mol. The highest BCUT2D eigenvalue weighted by atomic mass is 16.3. The Morgan fingerprint density at radius 3 is 2.33 bits per heavy atom. The van der Waals surface area contributed by atoms with Gasteiger partial charge in [-0.05, 0) is 24.7 Å². The maximum atomic E-state index is 9.37. The monoisotopic (exact) mass is 170 g/mol. The van der Waals surface area contributed by atoms with E-state index in [1.165, 1.54) is 51.4 Å². The minimum absolute atomic E-state index is 0.328. The van der Waals surface area contributed by atoms with E-state index in [4.69, 9.17) is 0 Å². The molecule has 1 nitrogen and oxygen atoms in total. The maximum absolute atomic E-state index is 9.37. The Balaban J connectivity index is 2.37. The molecule has 0 aromatic carbocycles. The van der Waals surface area contributed by atoms with E-state index >= 15 is 0 Å². The van der Waals surface area contributed by atoms with E-state index in [0.717, 1.165) is 0 Å². The molecule has 0 heterocycles. The van der Waals surface area contributed by atoms with E-state index in [2.05, 4.69) is 6.92 Å². The molecule has 0 atom stereocenters. The molecule has 1 saturated carbocycles. The van der Waals surface area contributed by atoms with Gasteiger partial charge in [-0.2, -0.15) is 0 Å². The van der Waals surface area contributed by atoms with Crippen LogP contribution in [0.1, 0.15) is 58.3 Å². The lowest BCUT2D eigenvalue weighted by Gasteiger charge is -2.35. The molecular weight excluding hydrogens is 148 g/mol. The summed E-state index contributed by atoms with van der Waals surface area (Å²) in [5.41, 5.74) is 0.328. The molecule has 0 bridgehead atoms. The van der Waals surface area contributed by atoms with Crippen molar-refractivity contribution in [2.45, 2.75) is 58.3 Å². The number of aliphatic hydroxyl groups is 1. The van der Waals surface area contributed by atoms with Crippen molar-refractivity contribution < 1.29 is 5.11 Å². The van der Waals surface area contributed by atoms with Crippen LogP contribution in [0.5, 0.6) is 0 Å². The Hall–Kier alpha value is -0.0400. The van der Waals surface area contributed by atoms with Crippen molar-refractivity contribution in [3.8, 4) is 0 Å². The summed E-state index contributed by atoms with van der Waals surface area (Å²) in [6.45, 7) is 2.65. The number of aliphatic hydroxyl groups excluding tert-OH is 1. The molecule has 0 aromatic heterocycles. The van der Waals surface area contributed by atoms with E-state index in [1.807, 2.05) is 0 Å². The Labute approximate surface area is 76.2 Å². The molecule has 1 fully saturated rings. The van der Waals surface area contributed by atoms with Crippen LogP contribution < -0.4 is 0 Å². The van der Waals surface area contributed by atoms with E-state index in [-0.39, 0.29) is 0 Å². The third-order valence-electron chi connectivity index (χ3n) is 3.31. The van der Waals surface area contributed by atoms with E-state index < -0.39 is 0 Å². The van der Waals surface area contributed by atoms with Crippen LogP contribution >= 0.6 is 0 Å². The van der Waals surface area contributed by atoms with Crippen LogP contribution in [-0.2, 0) is 0 Å². The first-order chi connectivity index (χ1) is 5.83. The zero-order chi connectivity index (χ0) is 8.86. The number of hydrogen-bond donors (Lipinski definition) is 1. The molecule has 0 radical (unpaired) electrons. The predicted molar refractivity (Wildman–Crippen MR) is 52.1 cm³/mol. The van der Waals surface area contributed by atoms with Crippen LogP contribution in [0.4, 0.5) is 0 Å². The first-order valence-corrected chi connectivity index (χ1v) is 5.44. The first kappa shape index (κ1) is 10.0. The smallest absolute Gasteiger partial charge is 0.0487 e. The first-order valence-electron chi connectivity index (χ1n) is 5.44. The van der Waals surface area contributed by atoms with Crippen LogP contribution in [0.3, 0.4) is 0 Å². The normalized spacial score (nSPS) is 22.5. The van der Waals surface area contributed by atoms with Crippen molar-refractivity contribution in [3.63, 3.8) is 0 Å². The zero-order valence-corrected chi connectivity index (χ0v) is 8.31. The summed E-state index contributed by atoms with van der Waals surface area (Å²) in [7, 11) is 0. The molecule has 72 valence electrons. The average Bonchev–Trinajstić information content (AvgIpc) is 2.16. The molecule has 1 heteroatoms. The largest absolute Gasteiger partial charge is 0.396 e. The second kappa shape index (κ2) is 4.86. The van der Waals surface area contributed by atoms with Gasteiger partial charge >= 0.3 is 0 Å². The van der Waals surface area contributed by atoms with Gasteiger partial charge in [0.1, 0.15) is 0 Å². The molecule has 0 unspecified atom stereocenters. The third kappa shape index (κ3) is 2.48. The Kier molecular flexibility index (Phi) is 4.07. The highest BCUT2D eigenvalue weighted by Crippen LogP contribution is 2.39. The second-order valence-electron chi connectivity index (χ2n) is 4.32. The topological polar surface area (TPSA) is 20.2 Å². The summed E-state index contributed by atoms with van der Waals surface area (Å²) in [5, 5.41) is 9.37. The standard InChI is InChI=1S/C11H22O/c1-2-3-7-11(10-12)8-5-4-6-9-11/h12H,2-10H2,1H3. The van der Waals surface area contributed by atoms with Crippen molar-refractivity contribution in [2.75, 3.05) is 6.61 Å². The summed E-state index contributed by atoms with van der Waals surface area (Å²) < 4.78 is 0. The lowest BCUT2D eigenvalue weighted by atomic mass is 9.71. The summed E-state index contributed by atoms with van der Waals surface area (Å²) in [5.74, 6) is 0. The molecule has 0 aliphatic heterocycles. The predicted octanol–water partition coefficient (Wildman–Crippen LogP) is 3.12. The summed E-state index contributed by atoms with van der Waals surface area (Å²) in [4.78, 5) is 0. The van der Waals surface area contributed by atoms with Gasteiger partial charge in [0.15, 0.2) is 0 Å². The molecule has 0 spiro atoms. The van der Waals surface area contributed by atoms with Crippen molar-refractivity contribution in [1.29, 1.82) is 0 Å². The van der Waals surface area contributed by atoms with Gasteiger partial charge in [-0.1, -0.05) is 39.0 Å². The van der Waals surface area contributed by atoms with Gasteiger partial charge in [0.2, 0.25) is 0 Å². The number of hydrogen-bond acceptors (Lipinski definition) is 1. The third-order valence-corrected chi connectivity index (χ3v) is 3.31. The van der Waals surface area contributed by atoms with Crippen LogP contribution in [0, 0.1) is 5.41 Å². The molecule has 0 saturated heterocycles. The van der Waals surface area contributed by atoms with Crippen molar-refractivity contribution in [2.24, 2.45) is 5.41 Å². The second-order valence-corrected chi connectivity index (χ2v) is 4.32. The number of unbranched alkanes of at least 4 members (excludes halogenated alkanes) is 1. The van der Waals surface area contributed by atoms with Crippen molar-refractivity contribution in [3.05, 3.63) is 0 Å². The van der Waals surface area contributed by atoms with Crippen molar-refractivity contribution >= 4 is 0 Å². The highest BCUT2D eigenvalue weighted by molar-refractivity contribution is 4.81. The zero-order valence-electron chi connectivity index (χ0n) is 8.31. The molecule has 0 aromatic rings. The maximum Gasteiger partial charge on any atom is 0.0487 e. The van der Waals surface area contributed by atoms with Gasteiger partial charge in [0.25, 0.3) is 0 Å². The van der Waals surface area contributed by atoms with Gasteiger partial charge in [0, 0.05) is 6.61 Å². The van der Waals surface area contributed by atoms with Gasteiger partial charge in [0.05, 0.1) is 0 Å². The fourth-order valence-corrected chi connectivity index (χ4v) is 2.34. The summed E-state index contributed by atoms with van der Waals surface area (Å²) in [6.07, 6.45) is 10.4. The van der Waals surface area contributed by atoms with Gasteiger partial charge in [-0.15, -0.1) is 0 Å².